The maximum absolute atomic E-state index is 12.3. The monoisotopic (exact) mass is 414 g/mol. The summed E-state index contributed by atoms with van der Waals surface area (Å²) in [5, 5.41) is 4.48. The highest BCUT2D eigenvalue weighted by Crippen LogP contribution is 2.27. The number of hydrogen-bond donors (Lipinski definition) is 5. The Morgan fingerprint density at radius 2 is 1.77 bits per heavy atom. The molecule has 2 aromatic carbocycles. The molecule has 1 amide bonds. The summed E-state index contributed by atoms with van der Waals surface area (Å²) in [6.07, 6.45) is 2.76. The second kappa shape index (κ2) is 8.54. The van der Waals surface area contributed by atoms with Crippen LogP contribution in [0.1, 0.15) is 16.1 Å². The first-order valence-electron chi connectivity index (χ1n) is 9.68. The third-order valence-electron chi connectivity index (χ3n) is 4.76. The standard InChI is InChI=1S/C22H22N8O/c23-19-18(21(31)30-22(24)25)28-17(13-6-2-1-3-7-13)20(29-19)26-11-10-14-12-27-16-9-5-4-8-15(14)16/h1-9,12,27H,10-11H2,(H3,23,26,29)(H4,24,25,30,31). The number of nitrogen functional groups attached to an aromatic ring is 1. The Morgan fingerprint density at radius 1 is 1.03 bits per heavy atom. The largest absolute Gasteiger partial charge is 0.382 e. The smallest absolute Gasteiger partial charge is 0.302 e. The lowest BCUT2D eigenvalue weighted by Gasteiger charge is -2.13. The van der Waals surface area contributed by atoms with Crippen molar-refractivity contribution in [1.82, 2.24) is 15.0 Å². The molecular formula is C22H22N8O. The Labute approximate surface area is 178 Å². The molecule has 0 saturated carbocycles. The number of carbonyl (C=O) groups excluding carboxylic acids is 1. The molecule has 8 N–H and O–H groups in total. The number of guanidine groups is 1. The van der Waals surface area contributed by atoms with Crippen LogP contribution in [0.2, 0.25) is 0 Å². The predicted molar refractivity (Wildman–Crippen MR) is 123 cm³/mol. The van der Waals surface area contributed by atoms with E-state index in [1.165, 1.54) is 10.9 Å². The van der Waals surface area contributed by atoms with Gasteiger partial charge in [0.15, 0.2) is 23.3 Å². The van der Waals surface area contributed by atoms with Gasteiger partial charge >= 0.3 is 5.91 Å². The molecule has 2 heterocycles. The Bertz CT molecular complexity index is 1260. The van der Waals surface area contributed by atoms with Crippen molar-refractivity contribution in [2.24, 2.45) is 16.5 Å². The van der Waals surface area contributed by atoms with Gasteiger partial charge in [0, 0.05) is 29.2 Å². The zero-order chi connectivity index (χ0) is 21.8. The molecule has 0 bridgehead atoms. The molecule has 9 heteroatoms. The quantitative estimate of drug-likeness (QED) is 0.239. The van der Waals surface area contributed by atoms with Crippen LogP contribution in [0.3, 0.4) is 0 Å². The van der Waals surface area contributed by atoms with E-state index in [4.69, 9.17) is 17.2 Å². The average molecular weight is 414 g/mol. The lowest BCUT2D eigenvalue weighted by molar-refractivity contribution is 0.0998. The van der Waals surface area contributed by atoms with Crippen LogP contribution < -0.4 is 22.5 Å². The molecule has 31 heavy (non-hydrogen) atoms. The predicted octanol–water partition coefficient (Wildman–Crippen LogP) is 2.28. The number of nitrogens with zero attached hydrogens (tertiary/aromatic N) is 3. The fourth-order valence-electron chi connectivity index (χ4n) is 3.35. The van der Waals surface area contributed by atoms with Crippen LogP contribution in [-0.4, -0.2) is 33.4 Å². The summed E-state index contributed by atoms with van der Waals surface area (Å²) in [6, 6.07) is 17.5. The van der Waals surface area contributed by atoms with Crippen LogP contribution in [0.25, 0.3) is 22.2 Å². The fraction of sp³-hybridized carbons (Fsp3) is 0.0909. The van der Waals surface area contributed by atoms with E-state index >= 15 is 0 Å². The molecule has 0 aliphatic carbocycles. The van der Waals surface area contributed by atoms with Gasteiger partial charge in [-0.1, -0.05) is 48.5 Å². The van der Waals surface area contributed by atoms with Crippen molar-refractivity contribution in [2.75, 3.05) is 17.6 Å². The molecule has 9 nitrogen and oxygen atoms in total. The minimum atomic E-state index is -0.743. The van der Waals surface area contributed by atoms with Crippen LogP contribution in [0.15, 0.2) is 65.8 Å². The first-order valence-corrected chi connectivity index (χ1v) is 9.68. The number of fused-ring (bicyclic) bond motifs is 1. The number of nitrogens with one attached hydrogen (secondary N) is 2. The maximum Gasteiger partial charge on any atom is 0.302 e. The number of benzene rings is 2. The molecule has 0 aliphatic rings. The first kappa shape index (κ1) is 19.9. The van der Waals surface area contributed by atoms with Crippen molar-refractivity contribution in [3.63, 3.8) is 0 Å². The Morgan fingerprint density at radius 3 is 2.55 bits per heavy atom. The van der Waals surface area contributed by atoms with E-state index in [-0.39, 0.29) is 17.5 Å². The fourth-order valence-corrected chi connectivity index (χ4v) is 3.35. The van der Waals surface area contributed by atoms with Crippen molar-refractivity contribution in [2.45, 2.75) is 6.42 Å². The topological polar surface area (TPSA) is 161 Å². The summed E-state index contributed by atoms with van der Waals surface area (Å²) >= 11 is 0. The minimum Gasteiger partial charge on any atom is -0.382 e. The molecular weight excluding hydrogens is 392 g/mol. The zero-order valence-electron chi connectivity index (χ0n) is 16.7. The molecule has 156 valence electrons. The van der Waals surface area contributed by atoms with E-state index in [0.29, 0.717) is 18.1 Å². The third-order valence-corrected chi connectivity index (χ3v) is 4.76. The maximum atomic E-state index is 12.3. The second-order valence-corrected chi connectivity index (χ2v) is 6.90. The summed E-state index contributed by atoms with van der Waals surface area (Å²) in [5.41, 5.74) is 20.1. The van der Waals surface area contributed by atoms with Gasteiger partial charge in [-0.3, -0.25) is 4.79 Å². The molecule has 4 aromatic rings. The highest BCUT2D eigenvalue weighted by Gasteiger charge is 2.19. The number of para-hydroxylation sites is 1. The van der Waals surface area contributed by atoms with Gasteiger partial charge in [-0.15, -0.1) is 0 Å². The number of anilines is 2. The Balaban J connectivity index is 1.63. The van der Waals surface area contributed by atoms with Gasteiger partial charge in [0.2, 0.25) is 0 Å². The van der Waals surface area contributed by atoms with Crippen molar-refractivity contribution >= 4 is 34.4 Å². The molecule has 0 spiro atoms. The third kappa shape index (κ3) is 4.30. The normalized spacial score (nSPS) is 10.7. The molecule has 0 aliphatic heterocycles. The van der Waals surface area contributed by atoms with E-state index in [9.17, 15) is 4.79 Å². The van der Waals surface area contributed by atoms with Gasteiger partial charge in [-0.25, -0.2) is 9.97 Å². The first-order chi connectivity index (χ1) is 15.0. The van der Waals surface area contributed by atoms with E-state index in [2.05, 4.69) is 31.3 Å². The van der Waals surface area contributed by atoms with Gasteiger partial charge in [-0.05, 0) is 18.1 Å². The molecule has 0 fully saturated rings. The number of aliphatic imine (C=N–C) groups is 1. The number of H-pyrrole nitrogens is 1. The number of rotatable bonds is 6. The number of aromatic nitrogens is 3. The van der Waals surface area contributed by atoms with E-state index in [1.807, 2.05) is 54.7 Å². The minimum absolute atomic E-state index is 0.0516. The van der Waals surface area contributed by atoms with Gasteiger partial charge in [0.1, 0.15) is 5.69 Å². The van der Waals surface area contributed by atoms with Gasteiger partial charge < -0.3 is 27.5 Å². The van der Waals surface area contributed by atoms with Crippen LogP contribution in [0.5, 0.6) is 0 Å². The van der Waals surface area contributed by atoms with Crippen LogP contribution >= 0.6 is 0 Å². The van der Waals surface area contributed by atoms with Gasteiger partial charge in [0.25, 0.3) is 0 Å². The lowest BCUT2D eigenvalue weighted by Crippen LogP contribution is -2.25. The Hall–Kier alpha value is -4.40. The molecule has 0 radical (unpaired) electrons. The molecule has 4 rings (SSSR count). The number of amides is 1. The van der Waals surface area contributed by atoms with Crippen molar-refractivity contribution in [3.05, 3.63) is 72.1 Å². The zero-order valence-corrected chi connectivity index (χ0v) is 16.7. The molecule has 0 saturated heterocycles. The number of hydrogen-bond acceptors (Lipinski definition) is 5. The molecule has 0 unspecified atom stereocenters. The summed E-state index contributed by atoms with van der Waals surface area (Å²) in [7, 11) is 0. The van der Waals surface area contributed by atoms with Crippen LogP contribution in [0, 0.1) is 0 Å². The van der Waals surface area contributed by atoms with E-state index in [1.54, 1.807) is 0 Å². The van der Waals surface area contributed by atoms with Crippen LogP contribution in [-0.2, 0) is 6.42 Å². The second-order valence-electron chi connectivity index (χ2n) is 6.90. The van der Waals surface area contributed by atoms with Crippen molar-refractivity contribution < 1.29 is 4.79 Å². The van der Waals surface area contributed by atoms with Crippen LogP contribution in [0.4, 0.5) is 11.6 Å². The summed E-state index contributed by atoms with van der Waals surface area (Å²) in [4.78, 5) is 27.9. The number of nitrogens with two attached hydrogens (primary N) is 3. The van der Waals surface area contributed by atoms with Crippen molar-refractivity contribution in [3.8, 4) is 11.3 Å². The summed E-state index contributed by atoms with van der Waals surface area (Å²) in [6.45, 7) is 0.594. The van der Waals surface area contributed by atoms with E-state index in [0.717, 1.165) is 17.5 Å². The van der Waals surface area contributed by atoms with E-state index < -0.39 is 5.91 Å². The van der Waals surface area contributed by atoms with Gasteiger partial charge in [0.05, 0.1) is 0 Å². The highest BCUT2D eigenvalue weighted by molar-refractivity contribution is 6.03. The van der Waals surface area contributed by atoms with Crippen molar-refractivity contribution in [1.29, 1.82) is 0 Å². The summed E-state index contributed by atoms with van der Waals surface area (Å²) < 4.78 is 0. The van der Waals surface area contributed by atoms with Gasteiger partial charge in [-0.2, -0.15) is 4.99 Å². The lowest BCUT2D eigenvalue weighted by atomic mass is 10.1. The number of aromatic amines is 1. The Kier molecular flexibility index (Phi) is 5.48. The average Bonchev–Trinajstić information content (AvgIpc) is 3.17. The SMILES string of the molecule is NC(N)=NC(=O)c1nc(-c2ccccc2)c(NCCc2c[nH]c3ccccc23)nc1N. The molecule has 2 aromatic heterocycles. The summed E-state index contributed by atoms with van der Waals surface area (Å²) in [5.74, 6) is -0.685. The highest BCUT2D eigenvalue weighted by atomic mass is 16.1. The number of carbonyl (C=O) groups is 1. The molecule has 0 atom stereocenters.